The van der Waals surface area contributed by atoms with Crippen LogP contribution in [0.5, 0.6) is 0 Å². The maximum atomic E-state index is 11.9. The molecule has 0 spiro atoms. The van der Waals surface area contributed by atoms with Crippen molar-refractivity contribution in [1.82, 2.24) is 10.2 Å². The second kappa shape index (κ2) is 7.86. The molecule has 0 aliphatic carbocycles. The highest BCUT2D eigenvalue weighted by Gasteiger charge is 2.35. The molecule has 0 aromatic rings. The molecule has 1 heterocycles. The maximum absolute atomic E-state index is 11.9. The van der Waals surface area contributed by atoms with Gasteiger partial charge in [0.05, 0.1) is 0 Å². The lowest BCUT2D eigenvalue weighted by molar-refractivity contribution is 0.156. The first kappa shape index (κ1) is 17.3. The number of hydrogen-bond donors (Lipinski definition) is 1. The van der Waals surface area contributed by atoms with Gasteiger partial charge in [-0.2, -0.15) is 11.8 Å². The van der Waals surface area contributed by atoms with E-state index < -0.39 is 9.84 Å². The van der Waals surface area contributed by atoms with E-state index in [2.05, 4.69) is 31.0 Å². The second-order valence-electron chi connectivity index (χ2n) is 5.52. The summed E-state index contributed by atoms with van der Waals surface area (Å²) in [6.07, 6.45) is 2.50. The molecule has 114 valence electrons. The van der Waals surface area contributed by atoms with Crippen molar-refractivity contribution in [3.05, 3.63) is 0 Å². The maximum Gasteiger partial charge on any atom is 0.164 e. The van der Waals surface area contributed by atoms with Gasteiger partial charge in [-0.3, -0.25) is 4.90 Å². The Morgan fingerprint density at radius 2 is 2.11 bits per heavy atom. The largest absolute Gasteiger partial charge is 0.316 e. The zero-order valence-corrected chi connectivity index (χ0v) is 14.2. The summed E-state index contributed by atoms with van der Waals surface area (Å²) in [6.45, 7) is 9.38. The van der Waals surface area contributed by atoms with Crippen LogP contribution in [0.2, 0.25) is 0 Å². The van der Waals surface area contributed by atoms with Crippen molar-refractivity contribution in [3.63, 3.8) is 0 Å². The standard InChI is InChI=1S/C13H28N2O2S2/c1-5-6-14-9-11(2)12(3)15-7-8-18-10-13(15)19(4,16)17/h11-14H,5-10H2,1-4H3. The first-order valence-corrected chi connectivity index (χ1v) is 10.2. The van der Waals surface area contributed by atoms with Crippen molar-refractivity contribution in [1.29, 1.82) is 0 Å². The van der Waals surface area contributed by atoms with Gasteiger partial charge in [-0.15, -0.1) is 0 Å². The van der Waals surface area contributed by atoms with Crippen LogP contribution in [0.25, 0.3) is 0 Å². The summed E-state index contributed by atoms with van der Waals surface area (Å²) >= 11 is 1.75. The molecule has 1 aliphatic heterocycles. The topological polar surface area (TPSA) is 49.4 Å². The smallest absolute Gasteiger partial charge is 0.164 e. The van der Waals surface area contributed by atoms with Crippen LogP contribution in [0.1, 0.15) is 27.2 Å². The SMILES string of the molecule is CCCNCC(C)C(C)N1CCSCC1S(C)(=O)=O. The molecule has 1 aliphatic rings. The molecule has 1 saturated heterocycles. The van der Waals surface area contributed by atoms with Gasteiger partial charge in [-0.05, 0) is 32.4 Å². The molecule has 0 bridgehead atoms. The van der Waals surface area contributed by atoms with Crippen molar-refractivity contribution in [2.45, 2.75) is 38.6 Å². The second-order valence-corrected chi connectivity index (χ2v) is 8.87. The average Bonchev–Trinajstić information content (AvgIpc) is 2.37. The molecule has 0 aromatic carbocycles. The minimum atomic E-state index is -2.99. The molecular weight excluding hydrogens is 280 g/mol. The van der Waals surface area contributed by atoms with E-state index >= 15 is 0 Å². The number of nitrogens with one attached hydrogen (secondary N) is 1. The van der Waals surface area contributed by atoms with E-state index in [1.165, 1.54) is 6.26 Å². The minimum Gasteiger partial charge on any atom is -0.316 e. The molecule has 0 saturated carbocycles. The van der Waals surface area contributed by atoms with E-state index in [-0.39, 0.29) is 5.37 Å². The Labute approximate surface area is 122 Å². The van der Waals surface area contributed by atoms with Gasteiger partial charge >= 0.3 is 0 Å². The molecule has 6 heteroatoms. The van der Waals surface area contributed by atoms with Crippen LogP contribution in [-0.4, -0.2) is 62.1 Å². The van der Waals surface area contributed by atoms with Crippen molar-refractivity contribution in [2.24, 2.45) is 5.92 Å². The molecule has 0 radical (unpaired) electrons. The predicted molar refractivity (Wildman–Crippen MR) is 84.4 cm³/mol. The molecule has 0 amide bonds. The van der Waals surface area contributed by atoms with E-state index in [0.717, 1.165) is 31.8 Å². The van der Waals surface area contributed by atoms with E-state index in [1.807, 2.05) is 0 Å². The third-order valence-corrected chi connectivity index (χ3v) is 6.52. The summed E-state index contributed by atoms with van der Waals surface area (Å²) in [7, 11) is -2.99. The quantitative estimate of drug-likeness (QED) is 0.721. The normalized spacial score (nSPS) is 25.2. The van der Waals surface area contributed by atoms with E-state index in [4.69, 9.17) is 0 Å². The van der Waals surface area contributed by atoms with Gasteiger partial charge in [0, 0.05) is 30.3 Å². The number of hydrogen-bond acceptors (Lipinski definition) is 5. The Morgan fingerprint density at radius 3 is 2.68 bits per heavy atom. The van der Waals surface area contributed by atoms with Crippen LogP contribution in [0.3, 0.4) is 0 Å². The first-order chi connectivity index (χ1) is 8.88. The van der Waals surface area contributed by atoms with Gasteiger partial charge in [-0.1, -0.05) is 13.8 Å². The van der Waals surface area contributed by atoms with Gasteiger partial charge < -0.3 is 5.32 Å². The van der Waals surface area contributed by atoms with Gasteiger partial charge in [0.25, 0.3) is 0 Å². The lowest BCUT2D eigenvalue weighted by Crippen LogP contribution is -2.53. The van der Waals surface area contributed by atoms with Crippen LogP contribution in [0.4, 0.5) is 0 Å². The van der Waals surface area contributed by atoms with Crippen LogP contribution in [-0.2, 0) is 9.84 Å². The summed E-state index contributed by atoms with van der Waals surface area (Å²) in [5.74, 6) is 2.20. The third-order valence-electron chi connectivity index (χ3n) is 3.86. The fourth-order valence-corrected chi connectivity index (χ4v) is 5.40. The molecule has 1 fully saturated rings. The highest BCUT2D eigenvalue weighted by molar-refractivity contribution is 8.00. The number of thioether (sulfide) groups is 1. The van der Waals surface area contributed by atoms with E-state index in [9.17, 15) is 8.42 Å². The highest BCUT2D eigenvalue weighted by Crippen LogP contribution is 2.25. The minimum absolute atomic E-state index is 0.296. The Kier molecular flexibility index (Phi) is 7.14. The number of rotatable bonds is 7. The molecular formula is C13H28N2O2S2. The third kappa shape index (κ3) is 5.25. The Morgan fingerprint density at radius 1 is 1.42 bits per heavy atom. The summed E-state index contributed by atoms with van der Waals surface area (Å²) < 4.78 is 23.8. The monoisotopic (exact) mass is 308 g/mol. The van der Waals surface area contributed by atoms with Crippen molar-refractivity contribution in [3.8, 4) is 0 Å². The van der Waals surface area contributed by atoms with E-state index in [1.54, 1.807) is 11.8 Å². The lowest BCUT2D eigenvalue weighted by Gasteiger charge is -2.40. The molecule has 1 rings (SSSR count). The summed E-state index contributed by atoms with van der Waals surface area (Å²) in [6, 6.07) is 0.296. The van der Waals surface area contributed by atoms with Crippen LogP contribution in [0, 0.1) is 5.92 Å². The summed E-state index contributed by atoms with van der Waals surface area (Å²) in [5.41, 5.74) is 0. The molecule has 1 N–H and O–H groups in total. The highest BCUT2D eigenvalue weighted by atomic mass is 32.2. The number of nitrogens with zero attached hydrogens (tertiary/aromatic N) is 1. The Balaban J connectivity index is 2.63. The van der Waals surface area contributed by atoms with Crippen molar-refractivity contribution < 1.29 is 8.42 Å². The molecule has 19 heavy (non-hydrogen) atoms. The van der Waals surface area contributed by atoms with Gasteiger partial charge in [0.15, 0.2) is 9.84 Å². The van der Waals surface area contributed by atoms with Crippen molar-refractivity contribution >= 4 is 21.6 Å². The lowest BCUT2D eigenvalue weighted by atomic mass is 10.0. The Bertz CT molecular complexity index is 360. The van der Waals surface area contributed by atoms with Crippen molar-refractivity contribution in [2.75, 3.05) is 37.4 Å². The predicted octanol–water partition coefficient (Wildman–Crippen LogP) is 1.43. The molecule has 3 atom stereocenters. The zero-order chi connectivity index (χ0) is 14.5. The molecule has 3 unspecified atom stereocenters. The van der Waals surface area contributed by atoms with Crippen LogP contribution in [0.15, 0.2) is 0 Å². The van der Waals surface area contributed by atoms with Gasteiger partial charge in [0.1, 0.15) is 5.37 Å². The first-order valence-electron chi connectivity index (χ1n) is 7.11. The van der Waals surface area contributed by atoms with Crippen LogP contribution >= 0.6 is 11.8 Å². The van der Waals surface area contributed by atoms with Gasteiger partial charge in [-0.25, -0.2) is 8.42 Å². The molecule has 0 aromatic heterocycles. The fourth-order valence-electron chi connectivity index (χ4n) is 2.43. The number of sulfone groups is 1. The zero-order valence-electron chi connectivity index (χ0n) is 12.6. The fraction of sp³-hybridized carbons (Fsp3) is 1.00. The summed E-state index contributed by atoms with van der Waals surface area (Å²) in [4.78, 5) is 2.18. The van der Waals surface area contributed by atoms with Crippen LogP contribution < -0.4 is 5.32 Å². The Hall–Kier alpha value is 0.220. The average molecular weight is 309 g/mol. The molecule has 4 nitrogen and oxygen atoms in total. The van der Waals surface area contributed by atoms with Gasteiger partial charge in [0.2, 0.25) is 0 Å². The summed E-state index contributed by atoms with van der Waals surface area (Å²) in [5, 5.41) is 3.12. The van der Waals surface area contributed by atoms with E-state index in [0.29, 0.717) is 17.7 Å².